The molecule has 0 aliphatic carbocycles. The van der Waals surface area contributed by atoms with Crippen molar-refractivity contribution in [3.05, 3.63) is 84.2 Å². The van der Waals surface area contributed by atoms with Crippen molar-refractivity contribution in [1.82, 2.24) is 15.6 Å². The van der Waals surface area contributed by atoms with Gasteiger partial charge in [-0.15, -0.1) is 0 Å². The number of nitrogens with one attached hydrogen (secondary N) is 3. The number of carboxylic acids is 1. The van der Waals surface area contributed by atoms with E-state index in [1.165, 1.54) is 0 Å². The van der Waals surface area contributed by atoms with Crippen LogP contribution >= 0.6 is 0 Å². The van der Waals surface area contributed by atoms with Crippen LogP contribution in [0.4, 0.5) is 15.3 Å². The standard InChI is InChI=1S/C25H26N4O5/c1-2-34-25(33)29-22(23(30)31)14-17-9-11-18(12-10-17)19-6-5-8-20(15-19)28-24(32)27-16-21-7-3-4-13-26-21/h3-13,15,22H,2,14,16H2,1H3,(H,29,33)(H,30,31)(H2,27,28,32)/t22-/m0/s1. The quantitative estimate of drug-likeness (QED) is 0.383. The molecule has 0 fully saturated rings. The van der Waals surface area contributed by atoms with Crippen LogP contribution in [0.15, 0.2) is 72.9 Å². The van der Waals surface area contributed by atoms with Crippen molar-refractivity contribution in [2.45, 2.75) is 25.9 Å². The number of anilines is 1. The second-order valence-corrected chi connectivity index (χ2v) is 7.37. The van der Waals surface area contributed by atoms with E-state index in [4.69, 9.17) is 4.74 Å². The van der Waals surface area contributed by atoms with Crippen molar-refractivity contribution in [3.8, 4) is 11.1 Å². The predicted molar refractivity (Wildman–Crippen MR) is 127 cm³/mol. The van der Waals surface area contributed by atoms with Gasteiger partial charge in [0.05, 0.1) is 18.8 Å². The lowest BCUT2D eigenvalue weighted by Gasteiger charge is -2.14. The summed E-state index contributed by atoms with van der Waals surface area (Å²) in [6.45, 7) is 2.12. The Morgan fingerprint density at radius 3 is 2.47 bits per heavy atom. The van der Waals surface area contributed by atoms with E-state index in [0.717, 1.165) is 22.4 Å². The van der Waals surface area contributed by atoms with Gasteiger partial charge in [-0.2, -0.15) is 0 Å². The minimum absolute atomic E-state index is 0.118. The van der Waals surface area contributed by atoms with Crippen molar-refractivity contribution < 1.29 is 24.2 Å². The minimum Gasteiger partial charge on any atom is -0.480 e. The molecule has 9 heteroatoms. The van der Waals surface area contributed by atoms with Gasteiger partial charge in [0.15, 0.2) is 0 Å². The number of rotatable bonds is 9. The molecule has 0 radical (unpaired) electrons. The molecule has 9 nitrogen and oxygen atoms in total. The molecule has 34 heavy (non-hydrogen) atoms. The molecule has 1 heterocycles. The SMILES string of the molecule is CCOC(=O)N[C@@H](Cc1ccc(-c2cccc(NC(=O)NCc3ccccn3)c2)cc1)C(=O)O. The van der Waals surface area contributed by atoms with Gasteiger partial charge < -0.3 is 25.8 Å². The van der Waals surface area contributed by atoms with E-state index >= 15 is 0 Å². The van der Waals surface area contributed by atoms with Crippen LogP contribution in [-0.2, 0) is 22.5 Å². The molecular weight excluding hydrogens is 436 g/mol. The third-order valence-corrected chi connectivity index (χ3v) is 4.87. The second-order valence-electron chi connectivity index (χ2n) is 7.37. The van der Waals surface area contributed by atoms with Gasteiger partial charge in [-0.1, -0.05) is 42.5 Å². The number of hydrogen-bond donors (Lipinski definition) is 4. The lowest BCUT2D eigenvalue weighted by atomic mass is 10.0. The van der Waals surface area contributed by atoms with E-state index < -0.39 is 18.1 Å². The molecule has 176 valence electrons. The molecular formula is C25H26N4O5. The Morgan fingerprint density at radius 2 is 1.79 bits per heavy atom. The summed E-state index contributed by atoms with van der Waals surface area (Å²) in [4.78, 5) is 39.4. The van der Waals surface area contributed by atoms with Crippen LogP contribution in [0.2, 0.25) is 0 Å². The first-order valence-electron chi connectivity index (χ1n) is 10.7. The summed E-state index contributed by atoms with van der Waals surface area (Å²) in [5, 5.41) is 17.3. The van der Waals surface area contributed by atoms with Crippen LogP contribution < -0.4 is 16.0 Å². The van der Waals surface area contributed by atoms with Gasteiger partial charge in [0, 0.05) is 18.3 Å². The maximum Gasteiger partial charge on any atom is 0.407 e. The largest absolute Gasteiger partial charge is 0.480 e. The lowest BCUT2D eigenvalue weighted by molar-refractivity contribution is -0.139. The lowest BCUT2D eigenvalue weighted by Crippen LogP contribution is -2.42. The summed E-state index contributed by atoms with van der Waals surface area (Å²) < 4.78 is 4.76. The summed E-state index contributed by atoms with van der Waals surface area (Å²) in [6, 6.07) is 18.8. The van der Waals surface area contributed by atoms with Crippen LogP contribution in [-0.4, -0.2) is 40.8 Å². The molecule has 0 aliphatic rings. The Balaban J connectivity index is 1.60. The van der Waals surface area contributed by atoms with Crippen molar-refractivity contribution in [3.63, 3.8) is 0 Å². The monoisotopic (exact) mass is 462 g/mol. The third kappa shape index (κ3) is 7.33. The van der Waals surface area contributed by atoms with Gasteiger partial charge in [-0.3, -0.25) is 4.98 Å². The van der Waals surface area contributed by atoms with Gasteiger partial charge >= 0.3 is 18.1 Å². The molecule has 3 rings (SSSR count). The number of ether oxygens (including phenoxy) is 1. The highest BCUT2D eigenvalue weighted by Crippen LogP contribution is 2.23. The number of benzene rings is 2. The highest BCUT2D eigenvalue weighted by atomic mass is 16.5. The zero-order valence-electron chi connectivity index (χ0n) is 18.7. The zero-order valence-corrected chi connectivity index (χ0v) is 18.7. The number of amides is 3. The van der Waals surface area contributed by atoms with E-state index in [1.807, 2.05) is 48.5 Å². The first-order chi connectivity index (χ1) is 16.4. The van der Waals surface area contributed by atoms with Crippen molar-refractivity contribution in [2.75, 3.05) is 11.9 Å². The summed E-state index contributed by atoms with van der Waals surface area (Å²) in [5.41, 5.74) is 3.91. The smallest absolute Gasteiger partial charge is 0.407 e. The highest BCUT2D eigenvalue weighted by molar-refractivity contribution is 5.90. The number of nitrogens with zero attached hydrogens (tertiary/aromatic N) is 1. The van der Waals surface area contributed by atoms with Gasteiger partial charge in [0.2, 0.25) is 0 Å². The number of urea groups is 1. The number of aromatic nitrogens is 1. The minimum atomic E-state index is -1.14. The maximum atomic E-state index is 12.2. The van der Waals surface area contributed by atoms with Crippen LogP contribution in [0, 0.1) is 0 Å². The predicted octanol–water partition coefficient (Wildman–Crippen LogP) is 3.81. The summed E-state index contributed by atoms with van der Waals surface area (Å²) in [7, 11) is 0. The number of alkyl carbamates (subject to hydrolysis) is 1. The first kappa shape index (κ1) is 24.2. The molecule has 0 bridgehead atoms. The zero-order chi connectivity index (χ0) is 24.3. The Morgan fingerprint density at radius 1 is 1.00 bits per heavy atom. The number of pyridine rings is 1. The second kappa shape index (κ2) is 12.0. The Kier molecular flexibility index (Phi) is 8.56. The Bertz CT molecular complexity index is 1120. The molecule has 0 saturated carbocycles. The average Bonchev–Trinajstić information content (AvgIpc) is 2.84. The molecule has 1 atom stereocenters. The fourth-order valence-corrected chi connectivity index (χ4v) is 3.21. The van der Waals surface area contributed by atoms with Crippen LogP contribution in [0.1, 0.15) is 18.2 Å². The summed E-state index contributed by atoms with van der Waals surface area (Å²) >= 11 is 0. The van der Waals surface area contributed by atoms with Gasteiger partial charge in [0.1, 0.15) is 6.04 Å². The molecule has 2 aromatic carbocycles. The van der Waals surface area contributed by atoms with Crippen LogP contribution in [0.25, 0.3) is 11.1 Å². The molecule has 0 unspecified atom stereocenters. The van der Waals surface area contributed by atoms with Crippen molar-refractivity contribution in [1.29, 1.82) is 0 Å². The molecule has 0 saturated heterocycles. The van der Waals surface area contributed by atoms with Gasteiger partial charge in [0.25, 0.3) is 0 Å². The molecule has 3 aromatic rings. The van der Waals surface area contributed by atoms with E-state index in [9.17, 15) is 19.5 Å². The summed E-state index contributed by atoms with van der Waals surface area (Å²) in [6.07, 6.45) is 1.02. The number of carboxylic acid groups (broad SMARTS) is 1. The topological polar surface area (TPSA) is 130 Å². The summed E-state index contributed by atoms with van der Waals surface area (Å²) in [5.74, 6) is -1.14. The molecule has 4 N–H and O–H groups in total. The maximum absolute atomic E-state index is 12.2. The first-order valence-corrected chi connectivity index (χ1v) is 10.7. The number of aliphatic carboxylic acids is 1. The fourth-order valence-electron chi connectivity index (χ4n) is 3.21. The average molecular weight is 463 g/mol. The van der Waals surface area contributed by atoms with E-state index in [0.29, 0.717) is 12.2 Å². The van der Waals surface area contributed by atoms with Crippen LogP contribution in [0.3, 0.4) is 0 Å². The molecule has 1 aromatic heterocycles. The molecule has 3 amide bonds. The normalized spacial score (nSPS) is 11.2. The number of hydrogen-bond acceptors (Lipinski definition) is 5. The highest BCUT2D eigenvalue weighted by Gasteiger charge is 2.21. The van der Waals surface area contributed by atoms with E-state index in [2.05, 4.69) is 20.9 Å². The number of carbonyl (C=O) groups excluding carboxylic acids is 2. The van der Waals surface area contributed by atoms with Gasteiger partial charge in [-0.25, -0.2) is 14.4 Å². The van der Waals surface area contributed by atoms with Crippen molar-refractivity contribution >= 4 is 23.8 Å². The Hall–Kier alpha value is -4.40. The Labute approximate surface area is 197 Å². The van der Waals surface area contributed by atoms with E-state index in [1.54, 1.807) is 31.3 Å². The third-order valence-electron chi connectivity index (χ3n) is 4.87. The van der Waals surface area contributed by atoms with E-state index in [-0.39, 0.29) is 19.1 Å². The van der Waals surface area contributed by atoms with Crippen LogP contribution in [0.5, 0.6) is 0 Å². The fraction of sp³-hybridized carbons (Fsp3) is 0.200. The molecule has 0 spiro atoms. The molecule has 0 aliphatic heterocycles. The van der Waals surface area contributed by atoms with Gasteiger partial charge in [-0.05, 0) is 47.9 Å². The van der Waals surface area contributed by atoms with Crippen molar-refractivity contribution in [2.24, 2.45) is 0 Å². The number of carbonyl (C=O) groups is 3.